The van der Waals surface area contributed by atoms with Crippen molar-refractivity contribution in [2.45, 2.75) is 0 Å². The predicted octanol–water partition coefficient (Wildman–Crippen LogP) is 12.3. The van der Waals surface area contributed by atoms with Gasteiger partial charge in [-0.2, -0.15) is 9.97 Å². The summed E-state index contributed by atoms with van der Waals surface area (Å²) in [5, 5.41) is 8.53. The van der Waals surface area contributed by atoms with Crippen LogP contribution >= 0.6 is 0 Å². The summed E-state index contributed by atoms with van der Waals surface area (Å²) in [6.45, 7) is 0. The van der Waals surface area contributed by atoms with Crippen LogP contribution < -0.4 is 0 Å². The van der Waals surface area contributed by atoms with E-state index in [1.54, 1.807) is 12.4 Å². The first-order chi connectivity index (χ1) is 27.3. The van der Waals surface area contributed by atoms with Crippen molar-refractivity contribution in [3.05, 3.63) is 164 Å². The number of aromatic nitrogens is 5. The average molecular weight is 706 g/mol. The van der Waals surface area contributed by atoms with Gasteiger partial charge in [0.2, 0.25) is 5.95 Å². The summed E-state index contributed by atoms with van der Waals surface area (Å²) in [6, 6.07) is 52.2. The maximum atomic E-state index is 6.56. The number of hydrogen-bond acceptors (Lipinski definition) is 6. The third-order valence-electron chi connectivity index (χ3n) is 10.8. The van der Waals surface area contributed by atoms with Crippen molar-refractivity contribution in [1.82, 2.24) is 24.5 Å². The Balaban J connectivity index is 1.16. The van der Waals surface area contributed by atoms with Gasteiger partial charge in [0.1, 0.15) is 16.7 Å². The number of hydrogen-bond donors (Lipinski definition) is 0. The molecule has 0 N–H and O–H groups in total. The molecular weight excluding hydrogens is 679 g/mol. The van der Waals surface area contributed by atoms with E-state index in [2.05, 4.69) is 131 Å². The fourth-order valence-corrected chi connectivity index (χ4v) is 8.33. The monoisotopic (exact) mass is 705 g/mol. The molecule has 0 fully saturated rings. The number of pyridine rings is 1. The second-order valence-electron chi connectivity index (χ2n) is 13.8. The van der Waals surface area contributed by atoms with E-state index >= 15 is 0 Å². The quantitative estimate of drug-likeness (QED) is 0.181. The van der Waals surface area contributed by atoms with Crippen LogP contribution in [0.1, 0.15) is 0 Å². The van der Waals surface area contributed by atoms with Crippen molar-refractivity contribution in [3.8, 4) is 39.9 Å². The fraction of sp³-hybridized carbons (Fsp3) is 0. The zero-order valence-corrected chi connectivity index (χ0v) is 29.1. The summed E-state index contributed by atoms with van der Waals surface area (Å²) in [6.07, 6.45) is 3.54. The summed E-state index contributed by atoms with van der Waals surface area (Å²) in [4.78, 5) is 20.1. The minimum atomic E-state index is 0.518. The Hall–Kier alpha value is -7.64. The van der Waals surface area contributed by atoms with Crippen molar-refractivity contribution < 1.29 is 8.83 Å². The van der Waals surface area contributed by atoms with Gasteiger partial charge in [0, 0.05) is 55.2 Å². The van der Waals surface area contributed by atoms with E-state index in [0.29, 0.717) is 23.2 Å². The molecule has 0 radical (unpaired) electrons. The molecule has 256 valence electrons. The van der Waals surface area contributed by atoms with Crippen LogP contribution in [0, 0.1) is 0 Å². The Morgan fingerprint density at radius 1 is 0.436 bits per heavy atom. The molecule has 7 aromatic carbocycles. The number of fused-ring (bicyclic) bond motifs is 10. The maximum Gasteiger partial charge on any atom is 0.238 e. The first kappa shape index (κ1) is 29.9. The van der Waals surface area contributed by atoms with Crippen molar-refractivity contribution in [1.29, 1.82) is 0 Å². The number of furan rings is 2. The lowest BCUT2D eigenvalue weighted by atomic mass is 9.97. The molecule has 0 amide bonds. The van der Waals surface area contributed by atoms with E-state index in [0.717, 1.165) is 93.1 Å². The molecule has 0 saturated heterocycles. The Bertz CT molecular complexity index is 3520. The number of rotatable bonds is 4. The predicted molar refractivity (Wildman–Crippen MR) is 220 cm³/mol. The molecule has 55 heavy (non-hydrogen) atoms. The highest BCUT2D eigenvalue weighted by Crippen LogP contribution is 2.43. The highest BCUT2D eigenvalue weighted by Gasteiger charge is 2.23. The van der Waals surface area contributed by atoms with Gasteiger partial charge in [0.25, 0.3) is 0 Å². The van der Waals surface area contributed by atoms with Gasteiger partial charge in [0.05, 0.1) is 17.2 Å². The molecule has 0 atom stereocenters. The molecule has 0 unspecified atom stereocenters. The van der Waals surface area contributed by atoms with Crippen molar-refractivity contribution in [3.63, 3.8) is 0 Å². The minimum Gasteiger partial charge on any atom is -0.455 e. The summed E-state index contributed by atoms with van der Waals surface area (Å²) < 4.78 is 15.0. The van der Waals surface area contributed by atoms with E-state index in [4.69, 9.17) is 23.8 Å². The number of para-hydroxylation sites is 3. The van der Waals surface area contributed by atoms with Crippen molar-refractivity contribution in [2.75, 3.05) is 0 Å². The third kappa shape index (κ3) is 4.44. The molecular formula is C48H27N5O2. The summed E-state index contributed by atoms with van der Waals surface area (Å²) in [7, 11) is 0. The zero-order chi connectivity index (χ0) is 36.0. The molecule has 0 aliphatic rings. The van der Waals surface area contributed by atoms with Gasteiger partial charge < -0.3 is 8.83 Å². The fourth-order valence-electron chi connectivity index (χ4n) is 8.33. The lowest BCUT2D eigenvalue weighted by Crippen LogP contribution is -2.06. The molecule has 0 bridgehead atoms. The van der Waals surface area contributed by atoms with Gasteiger partial charge in [-0.05, 0) is 52.7 Å². The Kier molecular flexibility index (Phi) is 6.21. The largest absolute Gasteiger partial charge is 0.455 e. The molecule has 7 nitrogen and oxygen atoms in total. The SMILES string of the molecule is c1ccc2cc(-c3nc(-c4cccc5oc6cnccc6c45)nc(-n4c5ccccc5c5c(-c6cccc7c6oc6ccccc67)cccc54)n3)ccc2c1. The molecule has 5 aromatic heterocycles. The normalized spacial score (nSPS) is 12.0. The van der Waals surface area contributed by atoms with E-state index < -0.39 is 0 Å². The van der Waals surface area contributed by atoms with Crippen LogP contribution in [0.5, 0.6) is 0 Å². The molecule has 0 aliphatic carbocycles. The summed E-state index contributed by atoms with van der Waals surface area (Å²) in [5.41, 5.74) is 9.01. The van der Waals surface area contributed by atoms with Crippen LogP contribution in [0.25, 0.3) is 116 Å². The molecule has 0 saturated carbocycles. The first-order valence-corrected chi connectivity index (χ1v) is 18.2. The number of benzene rings is 7. The third-order valence-corrected chi connectivity index (χ3v) is 10.8. The lowest BCUT2D eigenvalue weighted by molar-refractivity contribution is 0.667. The topological polar surface area (TPSA) is 82.8 Å². The second kappa shape index (κ2) is 11.4. The van der Waals surface area contributed by atoms with Crippen LogP contribution in [-0.4, -0.2) is 24.5 Å². The molecule has 0 aliphatic heterocycles. The maximum absolute atomic E-state index is 6.56. The van der Waals surface area contributed by atoms with E-state index in [-0.39, 0.29) is 0 Å². The molecule has 12 rings (SSSR count). The van der Waals surface area contributed by atoms with Crippen molar-refractivity contribution in [2.24, 2.45) is 0 Å². The lowest BCUT2D eigenvalue weighted by Gasteiger charge is -2.12. The Morgan fingerprint density at radius 3 is 2.13 bits per heavy atom. The van der Waals surface area contributed by atoms with Crippen LogP contribution in [0.2, 0.25) is 0 Å². The summed E-state index contributed by atoms with van der Waals surface area (Å²) in [5.74, 6) is 1.64. The smallest absolute Gasteiger partial charge is 0.238 e. The van der Waals surface area contributed by atoms with E-state index in [1.807, 2.05) is 30.3 Å². The molecule has 0 spiro atoms. The molecule has 5 heterocycles. The van der Waals surface area contributed by atoms with Gasteiger partial charge in [-0.25, -0.2) is 4.98 Å². The van der Waals surface area contributed by atoms with Gasteiger partial charge in [-0.15, -0.1) is 0 Å². The standard InChI is InChI=1S/C48H27N5O2/c1-2-11-29-26-30(23-22-28(29)10-1)46-50-47(37-17-9-21-41-44(37)36-24-25-49-27-42(36)54-41)52-48(51-46)53-38-18-5-3-13-35(38)43-32(14-8-19-39(43)53)34-16-7-15-33-31-12-4-6-20-40(31)55-45(33)34/h1-27H. The zero-order valence-electron chi connectivity index (χ0n) is 29.1. The van der Waals surface area contributed by atoms with Crippen LogP contribution in [0.15, 0.2) is 173 Å². The minimum absolute atomic E-state index is 0.518. The van der Waals surface area contributed by atoms with Crippen molar-refractivity contribution >= 4 is 76.5 Å². The van der Waals surface area contributed by atoms with Crippen LogP contribution in [0.4, 0.5) is 0 Å². The van der Waals surface area contributed by atoms with Gasteiger partial charge in [-0.3, -0.25) is 9.55 Å². The number of nitrogens with zero attached hydrogens (tertiary/aromatic N) is 5. The second-order valence-corrected chi connectivity index (χ2v) is 13.8. The van der Waals surface area contributed by atoms with Gasteiger partial charge in [0.15, 0.2) is 17.2 Å². The van der Waals surface area contributed by atoms with E-state index in [1.165, 1.54) is 0 Å². The van der Waals surface area contributed by atoms with E-state index in [9.17, 15) is 0 Å². The summed E-state index contributed by atoms with van der Waals surface area (Å²) >= 11 is 0. The Labute approximate surface area is 312 Å². The molecule has 7 heteroatoms. The Morgan fingerprint density at radius 2 is 1.16 bits per heavy atom. The molecule has 12 aromatic rings. The van der Waals surface area contributed by atoms with Crippen LogP contribution in [0.3, 0.4) is 0 Å². The van der Waals surface area contributed by atoms with Gasteiger partial charge >= 0.3 is 0 Å². The van der Waals surface area contributed by atoms with Crippen LogP contribution in [-0.2, 0) is 0 Å². The average Bonchev–Trinajstić information content (AvgIpc) is 3.93. The first-order valence-electron chi connectivity index (χ1n) is 18.2. The highest BCUT2D eigenvalue weighted by molar-refractivity contribution is 6.19. The van der Waals surface area contributed by atoms with Gasteiger partial charge in [-0.1, -0.05) is 115 Å². The highest BCUT2D eigenvalue weighted by atomic mass is 16.3.